The molecule has 14 heavy (non-hydrogen) atoms. The molecule has 0 saturated heterocycles. The van der Waals surface area contributed by atoms with Crippen molar-refractivity contribution in [3.63, 3.8) is 0 Å². The molecule has 0 spiro atoms. The second-order valence-electron chi connectivity index (χ2n) is 4.64. The zero-order valence-corrected chi connectivity index (χ0v) is 11.5. The van der Waals surface area contributed by atoms with E-state index in [-0.39, 0.29) is 0 Å². The molecule has 0 aromatic heterocycles. The first-order chi connectivity index (χ1) is 6.49. The summed E-state index contributed by atoms with van der Waals surface area (Å²) in [5, 5.41) is 0. The van der Waals surface area contributed by atoms with Gasteiger partial charge in [0.05, 0.1) is 21.1 Å². The monoisotopic (exact) mass is 220 g/mol. The molecule has 0 aliphatic heterocycles. The van der Waals surface area contributed by atoms with Crippen LogP contribution in [0, 0.1) is 0 Å². The van der Waals surface area contributed by atoms with E-state index in [2.05, 4.69) is 35.0 Å². The number of rotatable bonds is 8. The summed E-state index contributed by atoms with van der Waals surface area (Å²) in [6.45, 7) is 5.97. The van der Waals surface area contributed by atoms with E-state index in [9.17, 15) is 0 Å². The molecule has 0 rings (SSSR count). The quantitative estimate of drug-likeness (QED) is 0.453. The number of quaternary nitrogens is 1. The summed E-state index contributed by atoms with van der Waals surface area (Å²) in [5.41, 5.74) is 0. The Morgan fingerprint density at radius 3 is 1.64 bits per heavy atom. The van der Waals surface area contributed by atoms with Crippen LogP contribution in [0.1, 0.15) is 26.7 Å². The van der Waals surface area contributed by atoms with Crippen LogP contribution < -0.4 is 0 Å². The predicted molar refractivity (Wildman–Crippen MR) is 62.5 cm³/mol. The summed E-state index contributed by atoms with van der Waals surface area (Å²) in [4.78, 5) is 0. The number of hydrogen-bond donors (Lipinski definition) is 0. The highest BCUT2D eigenvalue weighted by Crippen LogP contribution is 1.99. The third-order valence-corrected chi connectivity index (χ3v) is 4.32. The van der Waals surface area contributed by atoms with Crippen molar-refractivity contribution in [1.29, 1.82) is 0 Å². The topological polar surface area (TPSA) is 18.5 Å². The molecule has 0 aliphatic rings. The summed E-state index contributed by atoms with van der Waals surface area (Å²) in [6.07, 6.45) is 3.20. The fourth-order valence-electron chi connectivity index (χ4n) is 1.10. The van der Waals surface area contributed by atoms with Crippen LogP contribution >= 0.6 is 0 Å². The van der Waals surface area contributed by atoms with Gasteiger partial charge in [0.1, 0.15) is 6.17 Å². The molecule has 0 aliphatic carbocycles. The van der Waals surface area contributed by atoms with Gasteiger partial charge in [-0.2, -0.15) is 0 Å². The lowest BCUT2D eigenvalue weighted by Gasteiger charge is -2.27. The Morgan fingerprint density at radius 2 is 1.36 bits per heavy atom. The van der Waals surface area contributed by atoms with Gasteiger partial charge < -0.3 is 13.3 Å². The van der Waals surface area contributed by atoms with Crippen LogP contribution in [-0.2, 0) is 8.85 Å². The van der Waals surface area contributed by atoms with Gasteiger partial charge in [-0.3, -0.25) is 0 Å². The Bertz CT molecular complexity index is 129. The molecule has 0 atom stereocenters. The third-order valence-electron chi connectivity index (χ3n) is 1.71. The van der Waals surface area contributed by atoms with Crippen LogP contribution in [0.15, 0.2) is 0 Å². The Hall–Kier alpha value is 0.0969. The van der Waals surface area contributed by atoms with Crippen molar-refractivity contribution in [2.24, 2.45) is 0 Å². The Morgan fingerprint density at radius 1 is 0.929 bits per heavy atom. The first-order valence-electron chi connectivity index (χ1n) is 5.53. The van der Waals surface area contributed by atoms with Crippen molar-refractivity contribution in [2.75, 3.05) is 40.5 Å². The average Bonchev–Trinajstić information content (AvgIpc) is 2.07. The smallest absolute Gasteiger partial charge is 0.380 e. The molecule has 86 valence electrons. The van der Waals surface area contributed by atoms with E-state index in [1.807, 2.05) is 0 Å². The van der Waals surface area contributed by atoms with Gasteiger partial charge in [-0.05, 0) is 12.8 Å². The molecule has 0 unspecified atom stereocenters. The third kappa shape index (κ3) is 8.68. The molecule has 0 radical (unpaired) electrons. The molecule has 0 saturated carbocycles. The lowest BCUT2D eigenvalue weighted by Crippen LogP contribution is -2.46. The van der Waals surface area contributed by atoms with Gasteiger partial charge in [-0.1, -0.05) is 13.8 Å². The molecular formula is C10H26NO2Si+. The highest BCUT2D eigenvalue weighted by Gasteiger charge is 2.22. The van der Waals surface area contributed by atoms with Crippen LogP contribution in [0.4, 0.5) is 0 Å². The maximum Gasteiger partial charge on any atom is 0.380 e. The van der Waals surface area contributed by atoms with Crippen LogP contribution in [-0.4, -0.2) is 54.3 Å². The molecule has 0 fully saturated rings. The van der Waals surface area contributed by atoms with Crippen LogP contribution in [0.25, 0.3) is 0 Å². The van der Waals surface area contributed by atoms with E-state index in [0.29, 0.717) is 0 Å². The molecule has 0 bridgehead atoms. The zero-order valence-electron chi connectivity index (χ0n) is 10.4. The largest absolute Gasteiger partial charge is 0.393 e. The van der Waals surface area contributed by atoms with Crippen molar-refractivity contribution >= 4 is 9.28 Å². The van der Waals surface area contributed by atoms with Crippen LogP contribution in [0.3, 0.4) is 0 Å². The summed E-state index contributed by atoms with van der Waals surface area (Å²) in [7, 11) is 5.13. The van der Waals surface area contributed by atoms with Gasteiger partial charge in [0.15, 0.2) is 0 Å². The molecule has 0 aromatic carbocycles. The minimum atomic E-state index is -1.42. The fourth-order valence-corrected chi connectivity index (χ4v) is 3.30. The van der Waals surface area contributed by atoms with Gasteiger partial charge in [0.25, 0.3) is 0 Å². The standard InChI is InChI=1S/C10H26NO2Si/c1-6-8-12-14(13-9-7-2)10-11(3,4)5/h14H,6-10H2,1-5H3/q+1. The minimum Gasteiger partial charge on any atom is -0.393 e. The Kier molecular flexibility index (Phi) is 7.45. The maximum absolute atomic E-state index is 5.77. The number of nitrogens with zero attached hydrogens (tertiary/aromatic N) is 1. The van der Waals surface area contributed by atoms with Gasteiger partial charge >= 0.3 is 9.28 Å². The molecule has 0 N–H and O–H groups in total. The summed E-state index contributed by atoms with van der Waals surface area (Å²) in [5.74, 6) is 0. The minimum absolute atomic E-state index is 0.848. The first kappa shape index (κ1) is 14.1. The van der Waals surface area contributed by atoms with Gasteiger partial charge in [-0.25, -0.2) is 0 Å². The molecule has 4 heteroatoms. The first-order valence-corrected chi connectivity index (χ1v) is 7.29. The maximum atomic E-state index is 5.77. The summed E-state index contributed by atoms with van der Waals surface area (Å²) in [6, 6.07) is 0. The van der Waals surface area contributed by atoms with Gasteiger partial charge in [0, 0.05) is 13.2 Å². The average molecular weight is 220 g/mol. The molecule has 0 amide bonds. The Labute approximate surface area is 90.4 Å². The normalized spacial score (nSPS) is 12.4. The van der Waals surface area contributed by atoms with Crippen LogP contribution in [0.2, 0.25) is 0 Å². The van der Waals surface area contributed by atoms with E-state index in [1.165, 1.54) is 0 Å². The lowest BCUT2D eigenvalue weighted by atomic mass is 10.5. The fraction of sp³-hybridized carbons (Fsp3) is 1.00. The molecular weight excluding hydrogens is 194 g/mol. The van der Waals surface area contributed by atoms with Crippen LogP contribution in [0.5, 0.6) is 0 Å². The van der Waals surface area contributed by atoms with Crippen molar-refractivity contribution in [2.45, 2.75) is 26.7 Å². The zero-order chi connectivity index (χ0) is 11.0. The van der Waals surface area contributed by atoms with Gasteiger partial charge in [-0.15, -0.1) is 0 Å². The van der Waals surface area contributed by atoms with E-state index >= 15 is 0 Å². The summed E-state index contributed by atoms with van der Waals surface area (Å²) < 4.78 is 12.5. The molecule has 3 nitrogen and oxygen atoms in total. The van der Waals surface area contributed by atoms with E-state index in [0.717, 1.165) is 36.7 Å². The molecule has 0 aromatic rings. The SMILES string of the molecule is CCCO[SiH](C[N+](C)(C)C)OCCC. The van der Waals surface area contributed by atoms with Crippen molar-refractivity contribution in [3.8, 4) is 0 Å². The van der Waals surface area contributed by atoms with Crippen molar-refractivity contribution in [1.82, 2.24) is 0 Å². The highest BCUT2D eigenvalue weighted by atomic mass is 28.3. The Balaban J connectivity index is 3.84. The predicted octanol–water partition coefficient (Wildman–Crippen LogP) is 1.31. The molecule has 0 heterocycles. The van der Waals surface area contributed by atoms with E-state index in [1.54, 1.807) is 0 Å². The summed E-state index contributed by atoms with van der Waals surface area (Å²) >= 11 is 0. The number of hydrogen-bond acceptors (Lipinski definition) is 2. The second-order valence-corrected chi connectivity index (χ2v) is 6.53. The van der Waals surface area contributed by atoms with E-state index < -0.39 is 9.28 Å². The second kappa shape index (κ2) is 7.40. The van der Waals surface area contributed by atoms with E-state index in [4.69, 9.17) is 8.85 Å². The van der Waals surface area contributed by atoms with Crippen molar-refractivity contribution < 1.29 is 13.3 Å². The highest BCUT2D eigenvalue weighted by molar-refractivity contribution is 6.44. The lowest BCUT2D eigenvalue weighted by molar-refractivity contribution is -0.861. The van der Waals surface area contributed by atoms with Crippen molar-refractivity contribution in [3.05, 3.63) is 0 Å². The van der Waals surface area contributed by atoms with Gasteiger partial charge in [0.2, 0.25) is 0 Å².